The number of rotatable bonds is 7. The van der Waals surface area contributed by atoms with Crippen molar-refractivity contribution in [3.8, 4) is 5.75 Å². The van der Waals surface area contributed by atoms with Gasteiger partial charge in [-0.3, -0.25) is 0 Å². The van der Waals surface area contributed by atoms with Crippen molar-refractivity contribution in [1.82, 2.24) is 5.32 Å². The molecule has 20 heavy (non-hydrogen) atoms. The third-order valence-corrected chi connectivity index (χ3v) is 4.22. The highest BCUT2D eigenvalue weighted by Gasteiger charge is 2.28. The molecule has 1 aliphatic carbocycles. The van der Waals surface area contributed by atoms with Crippen LogP contribution in [0.5, 0.6) is 5.75 Å². The molecule has 0 radical (unpaired) electrons. The van der Waals surface area contributed by atoms with Crippen LogP contribution in [0.3, 0.4) is 0 Å². The molecular weight excluding hydrogens is 274 g/mol. The summed E-state index contributed by atoms with van der Waals surface area (Å²) in [6.07, 6.45) is 4.74. The van der Waals surface area contributed by atoms with Crippen LogP contribution in [0.2, 0.25) is 5.02 Å². The number of halogens is 1. The first-order valence-electron chi connectivity index (χ1n) is 7.35. The minimum atomic E-state index is -0.501. The van der Waals surface area contributed by atoms with Crippen LogP contribution in [-0.4, -0.2) is 30.9 Å². The molecule has 4 heteroatoms. The van der Waals surface area contributed by atoms with Gasteiger partial charge in [-0.05, 0) is 36.5 Å². The second kappa shape index (κ2) is 7.30. The zero-order valence-corrected chi connectivity index (χ0v) is 12.8. The molecule has 1 saturated carbocycles. The van der Waals surface area contributed by atoms with Crippen molar-refractivity contribution in [3.63, 3.8) is 0 Å². The van der Waals surface area contributed by atoms with Gasteiger partial charge in [-0.15, -0.1) is 0 Å². The molecule has 0 amide bonds. The van der Waals surface area contributed by atoms with E-state index in [1.165, 1.54) is 25.7 Å². The molecule has 0 spiro atoms. The van der Waals surface area contributed by atoms with Crippen LogP contribution >= 0.6 is 11.6 Å². The number of ether oxygens (including phenoxy) is 1. The molecule has 1 atom stereocenters. The fourth-order valence-electron chi connectivity index (χ4n) is 2.75. The summed E-state index contributed by atoms with van der Waals surface area (Å²) < 4.78 is 5.52. The quantitative estimate of drug-likeness (QED) is 0.812. The number of benzene rings is 1. The van der Waals surface area contributed by atoms with Crippen LogP contribution in [0.1, 0.15) is 32.6 Å². The molecule has 0 heterocycles. The second-order valence-electron chi connectivity index (χ2n) is 6.07. The molecule has 1 fully saturated rings. The Morgan fingerprint density at radius 2 is 2.15 bits per heavy atom. The van der Waals surface area contributed by atoms with Crippen LogP contribution in [-0.2, 0) is 0 Å². The lowest BCUT2D eigenvalue weighted by Gasteiger charge is -2.24. The Hall–Kier alpha value is -0.770. The van der Waals surface area contributed by atoms with Crippen molar-refractivity contribution in [2.45, 2.75) is 38.7 Å². The lowest BCUT2D eigenvalue weighted by Crippen LogP contribution is -2.37. The third kappa shape index (κ3) is 4.97. The predicted molar refractivity (Wildman–Crippen MR) is 82.4 cm³/mol. The fraction of sp³-hybridized carbons (Fsp3) is 0.625. The molecule has 0 aliphatic heterocycles. The maximum absolute atomic E-state index is 9.92. The molecule has 2 rings (SSSR count). The first kappa shape index (κ1) is 15.6. The molecule has 3 nitrogen and oxygen atoms in total. The van der Waals surface area contributed by atoms with E-state index in [9.17, 15) is 5.11 Å². The summed E-state index contributed by atoms with van der Waals surface area (Å²) >= 11 is 5.88. The van der Waals surface area contributed by atoms with Gasteiger partial charge < -0.3 is 15.2 Å². The fourth-order valence-corrected chi connectivity index (χ4v) is 2.93. The molecule has 0 saturated heterocycles. The topological polar surface area (TPSA) is 41.5 Å². The van der Waals surface area contributed by atoms with Crippen LogP contribution < -0.4 is 10.1 Å². The van der Waals surface area contributed by atoms with E-state index >= 15 is 0 Å². The number of nitrogens with one attached hydrogen (secondary N) is 1. The van der Waals surface area contributed by atoms with E-state index in [1.807, 2.05) is 12.1 Å². The van der Waals surface area contributed by atoms with Crippen molar-refractivity contribution in [1.29, 1.82) is 0 Å². The van der Waals surface area contributed by atoms with E-state index in [-0.39, 0.29) is 6.61 Å². The molecule has 1 unspecified atom stereocenters. The van der Waals surface area contributed by atoms with E-state index in [4.69, 9.17) is 16.3 Å². The first-order chi connectivity index (χ1) is 9.57. The van der Waals surface area contributed by atoms with Crippen LogP contribution in [0, 0.1) is 5.41 Å². The Morgan fingerprint density at radius 3 is 2.85 bits per heavy atom. The molecule has 112 valence electrons. The zero-order chi connectivity index (χ0) is 14.4. The van der Waals surface area contributed by atoms with Gasteiger partial charge in [0.1, 0.15) is 18.5 Å². The molecule has 0 bridgehead atoms. The number of aliphatic hydroxyl groups is 1. The highest BCUT2D eigenvalue weighted by atomic mass is 35.5. The van der Waals surface area contributed by atoms with Gasteiger partial charge in [0, 0.05) is 18.1 Å². The van der Waals surface area contributed by atoms with Crippen molar-refractivity contribution >= 4 is 11.6 Å². The summed E-state index contributed by atoms with van der Waals surface area (Å²) in [5, 5.41) is 13.9. The Morgan fingerprint density at radius 1 is 1.40 bits per heavy atom. The van der Waals surface area contributed by atoms with Gasteiger partial charge in [0.2, 0.25) is 0 Å². The Balaban J connectivity index is 1.64. The van der Waals surface area contributed by atoms with E-state index in [0.717, 1.165) is 6.54 Å². The second-order valence-corrected chi connectivity index (χ2v) is 6.51. The van der Waals surface area contributed by atoms with Gasteiger partial charge in [-0.1, -0.05) is 37.4 Å². The van der Waals surface area contributed by atoms with E-state index in [1.54, 1.807) is 12.1 Å². The predicted octanol–water partition coefficient (Wildman–Crippen LogP) is 3.25. The molecule has 1 aliphatic rings. The summed E-state index contributed by atoms with van der Waals surface area (Å²) in [7, 11) is 0. The number of hydrogen-bond donors (Lipinski definition) is 2. The van der Waals surface area contributed by atoms with Crippen molar-refractivity contribution in [3.05, 3.63) is 29.3 Å². The van der Waals surface area contributed by atoms with Gasteiger partial charge in [-0.25, -0.2) is 0 Å². The summed E-state index contributed by atoms with van der Waals surface area (Å²) in [6.45, 7) is 4.14. The average Bonchev–Trinajstić information content (AvgIpc) is 2.83. The lowest BCUT2D eigenvalue weighted by atomic mass is 9.89. The largest absolute Gasteiger partial charge is 0.491 e. The van der Waals surface area contributed by atoms with Gasteiger partial charge in [0.15, 0.2) is 0 Å². The van der Waals surface area contributed by atoms with Crippen molar-refractivity contribution in [2.24, 2.45) is 5.41 Å². The molecule has 0 aromatic heterocycles. The average molecular weight is 298 g/mol. The summed E-state index contributed by atoms with van der Waals surface area (Å²) in [5.41, 5.74) is 0.410. The third-order valence-electron chi connectivity index (χ3n) is 3.98. The normalized spacial score (nSPS) is 18.9. The lowest BCUT2D eigenvalue weighted by molar-refractivity contribution is 0.103. The summed E-state index contributed by atoms with van der Waals surface area (Å²) in [6, 6.07) is 7.23. The maximum Gasteiger partial charge on any atom is 0.120 e. The van der Waals surface area contributed by atoms with E-state index in [0.29, 0.717) is 22.7 Å². The molecule has 2 N–H and O–H groups in total. The van der Waals surface area contributed by atoms with Gasteiger partial charge in [0.05, 0.1) is 0 Å². The first-order valence-corrected chi connectivity index (χ1v) is 7.72. The van der Waals surface area contributed by atoms with Crippen LogP contribution in [0.25, 0.3) is 0 Å². The van der Waals surface area contributed by atoms with Gasteiger partial charge in [-0.2, -0.15) is 0 Å². The highest BCUT2D eigenvalue weighted by Crippen LogP contribution is 2.36. The molecule has 1 aromatic rings. The maximum atomic E-state index is 9.92. The highest BCUT2D eigenvalue weighted by molar-refractivity contribution is 6.30. The van der Waals surface area contributed by atoms with Crippen LogP contribution in [0.15, 0.2) is 24.3 Å². The minimum Gasteiger partial charge on any atom is -0.491 e. The van der Waals surface area contributed by atoms with E-state index in [2.05, 4.69) is 12.2 Å². The Labute approximate surface area is 126 Å². The van der Waals surface area contributed by atoms with Crippen molar-refractivity contribution < 1.29 is 9.84 Å². The van der Waals surface area contributed by atoms with Gasteiger partial charge >= 0.3 is 0 Å². The zero-order valence-electron chi connectivity index (χ0n) is 12.1. The molecular formula is C16H24ClNO2. The monoisotopic (exact) mass is 297 g/mol. The van der Waals surface area contributed by atoms with Gasteiger partial charge in [0.25, 0.3) is 0 Å². The molecule has 1 aromatic carbocycles. The Bertz CT molecular complexity index is 419. The summed E-state index contributed by atoms with van der Waals surface area (Å²) in [4.78, 5) is 0. The summed E-state index contributed by atoms with van der Waals surface area (Å²) in [5.74, 6) is 0.694. The smallest absolute Gasteiger partial charge is 0.120 e. The van der Waals surface area contributed by atoms with Crippen LogP contribution in [0.4, 0.5) is 0 Å². The minimum absolute atomic E-state index is 0.282. The van der Waals surface area contributed by atoms with E-state index < -0.39 is 6.10 Å². The Kier molecular flexibility index (Phi) is 5.70. The number of hydrogen-bond acceptors (Lipinski definition) is 3. The number of aliphatic hydroxyl groups excluding tert-OH is 1. The van der Waals surface area contributed by atoms with Crippen molar-refractivity contribution in [2.75, 3.05) is 19.7 Å². The standard InChI is InChI=1S/C16H24ClNO2/c1-16(7-2-3-8-16)12-18-10-14(19)11-20-15-6-4-5-13(17)9-15/h4-6,9,14,18-19H,2-3,7-8,10-12H2,1H3. The SMILES string of the molecule is CC1(CNCC(O)COc2cccc(Cl)c2)CCCC1.